The van der Waals surface area contributed by atoms with Gasteiger partial charge >= 0.3 is 0 Å². The fraction of sp³-hybridized carbons (Fsp3) is 0.435. The zero-order valence-electron chi connectivity index (χ0n) is 17.9. The molecule has 1 N–H and O–H groups in total. The van der Waals surface area contributed by atoms with Crippen LogP contribution in [0.4, 0.5) is 4.39 Å². The van der Waals surface area contributed by atoms with E-state index in [0.29, 0.717) is 17.1 Å². The van der Waals surface area contributed by atoms with Crippen molar-refractivity contribution in [1.82, 2.24) is 24.6 Å². The second kappa shape index (κ2) is 7.02. The third kappa shape index (κ3) is 3.17. The van der Waals surface area contributed by atoms with Crippen LogP contribution < -0.4 is 4.74 Å². The molecule has 0 spiro atoms. The number of benzene rings is 1. The number of ether oxygens (including phenoxy) is 1. The average molecular weight is 423 g/mol. The quantitative estimate of drug-likeness (QED) is 0.691. The van der Waals surface area contributed by atoms with E-state index in [0.717, 1.165) is 25.1 Å². The van der Waals surface area contributed by atoms with Crippen molar-refractivity contribution in [3.8, 4) is 28.6 Å². The first-order valence-corrected chi connectivity index (χ1v) is 10.5. The molecule has 1 aromatic carbocycles. The molecule has 2 aliphatic heterocycles. The molecular weight excluding hydrogens is 397 g/mol. The van der Waals surface area contributed by atoms with Crippen molar-refractivity contribution in [3.63, 3.8) is 0 Å². The van der Waals surface area contributed by atoms with E-state index in [2.05, 4.69) is 27.0 Å². The number of aromatic hydroxyl groups is 1. The maximum Gasteiger partial charge on any atom is 0.233 e. The van der Waals surface area contributed by atoms with Gasteiger partial charge in [0.15, 0.2) is 6.17 Å². The van der Waals surface area contributed by atoms with Gasteiger partial charge in [0.05, 0.1) is 23.2 Å². The van der Waals surface area contributed by atoms with E-state index in [1.807, 2.05) is 20.0 Å². The fourth-order valence-corrected chi connectivity index (χ4v) is 4.96. The molecule has 2 bridgehead atoms. The van der Waals surface area contributed by atoms with Crippen LogP contribution in [-0.2, 0) is 0 Å². The molecule has 4 atom stereocenters. The molecule has 1 saturated carbocycles. The Balaban J connectivity index is 1.36. The van der Waals surface area contributed by atoms with Gasteiger partial charge in [-0.2, -0.15) is 0 Å². The SMILES string of the molecule is CN1CC2(C)CC[C@]1(C)C(F)C2Oc1ccc(-c2ccc(-n3ccnc3)cc2O)nn1. The van der Waals surface area contributed by atoms with Crippen LogP contribution in [0.3, 0.4) is 0 Å². The predicted octanol–water partition coefficient (Wildman–Crippen LogP) is 3.62. The summed E-state index contributed by atoms with van der Waals surface area (Å²) in [5.74, 6) is 0.386. The van der Waals surface area contributed by atoms with Crippen molar-refractivity contribution in [1.29, 1.82) is 0 Å². The molecule has 3 aromatic rings. The summed E-state index contributed by atoms with van der Waals surface area (Å²) in [6, 6.07) is 8.72. The Morgan fingerprint density at radius 3 is 2.65 bits per heavy atom. The summed E-state index contributed by atoms with van der Waals surface area (Å²) in [6.07, 6.45) is 5.21. The lowest BCUT2D eigenvalue weighted by Gasteiger charge is -2.61. The Bertz CT molecular complexity index is 1090. The molecule has 2 saturated heterocycles. The van der Waals surface area contributed by atoms with Crippen LogP contribution in [0.15, 0.2) is 49.1 Å². The summed E-state index contributed by atoms with van der Waals surface area (Å²) >= 11 is 0. The van der Waals surface area contributed by atoms with Crippen molar-refractivity contribution in [2.24, 2.45) is 5.41 Å². The molecule has 7 nitrogen and oxygen atoms in total. The molecule has 0 radical (unpaired) electrons. The molecule has 4 heterocycles. The van der Waals surface area contributed by atoms with Gasteiger partial charge in [-0.1, -0.05) is 6.92 Å². The number of phenolic OH excluding ortho intramolecular Hbond substituents is 1. The van der Waals surface area contributed by atoms with Crippen molar-refractivity contribution in [2.75, 3.05) is 13.6 Å². The van der Waals surface area contributed by atoms with Crippen LogP contribution in [0.2, 0.25) is 0 Å². The normalized spacial score (nSPS) is 30.5. The monoisotopic (exact) mass is 423 g/mol. The maximum atomic E-state index is 15.4. The predicted molar refractivity (Wildman–Crippen MR) is 114 cm³/mol. The standard InChI is InChI=1S/C23H26FN5O2/c1-22-8-9-23(2,28(3)13-22)20(24)21(22)31-19-7-6-17(26-27-19)16-5-4-15(12-18(16)30)29-11-10-25-14-29/h4-7,10-12,14,20-21,30H,8-9,13H2,1-3H3/t20?,21?,22?,23-/m1/s1. The van der Waals surface area contributed by atoms with E-state index in [-0.39, 0.29) is 11.2 Å². The van der Waals surface area contributed by atoms with Crippen molar-refractivity contribution >= 4 is 0 Å². The summed E-state index contributed by atoms with van der Waals surface area (Å²) in [4.78, 5) is 6.13. The lowest BCUT2D eigenvalue weighted by molar-refractivity contribution is -0.177. The van der Waals surface area contributed by atoms with Gasteiger partial charge in [-0.05, 0) is 45.0 Å². The molecular formula is C23H26FN5O2. The van der Waals surface area contributed by atoms with Crippen LogP contribution in [-0.4, -0.2) is 61.2 Å². The van der Waals surface area contributed by atoms with Gasteiger partial charge in [0.1, 0.15) is 11.9 Å². The largest absolute Gasteiger partial charge is 0.507 e. The summed E-state index contributed by atoms with van der Waals surface area (Å²) in [6.45, 7) is 4.84. The van der Waals surface area contributed by atoms with Gasteiger partial charge < -0.3 is 14.4 Å². The fourth-order valence-electron chi connectivity index (χ4n) is 4.96. The summed E-state index contributed by atoms with van der Waals surface area (Å²) < 4.78 is 23.3. The Kier molecular flexibility index (Phi) is 4.51. The molecule has 0 amide bonds. The lowest BCUT2D eigenvalue weighted by Crippen LogP contribution is -2.72. The number of hydrogen-bond donors (Lipinski definition) is 1. The smallest absolute Gasteiger partial charge is 0.233 e. The zero-order valence-corrected chi connectivity index (χ0v) is 17.9. The maximum absolute atomic E-state index is 15.4. The highest BCUT2D eigenvalue weighted by atomic mass is 19.1. The molecule has 6 rings (SSSR count). The minimum Gasteiger partial charge on any atom is -0.507 e. The molecule has 2 aromatic heterocycles. The molecule has 3 aliphatic rings. The second-order valence-electron chi connectivity index (χ2n) is 9.24. The van der Waals surface area contributed by atoms with Gasteiger partial charge in [0, 0.05) is 42.0 Å². The lowest BCUT2D eigenvalue weighted by atomic mass is 9.60. The van der Waals surface area contributed by atoms with Crippen LogP contribution in [0.1, 0.15) is 26.7 Å². The second-order valence-corrected chi connectivity index (χ2v) is 9.24. The third-order valence-electron chi connectivity index (χ3n) is 7.17. The third-order valence-corrected chi connectivity index (χ3v) is 7.17. The highest BCUT2D eigenvalue weighted by Crippen LogP contribution is 2.51. The first-order chi connectivity index (χ1) is 14.8. The molecule has 31 heavy (non-hydrogen) atoms. The van der Waals surface area contributed by atoms with E-state index in [9.17, 15) is 5.11 Å². The van der Waals surface area contributed by atoms with E-state index in [1.165, 1.54) is 0 Å². The van der Waals surface area contributed by atoms with E-state index < -0.39 is 17.8 Å². The number of halogens is 1. The number of rotatable bonds is 4. The number of alkyl halides is 1. The zero-order chi connectivity index (χ0) is 21.8. The first-order valence-electron chi connectivity index (χ1n) is 10.5. The molecule has 8 heteroatoms. The summed E-state index contributed by atoms with van der Waals surface area (Å²) in [7, 11) is 1.99. The van der Waals surface area contributed by atoms with Gasteiger partial charge in [-0.25, -0.2) is 9.37 Å². The number of imidazole rings is 1. The van der Waals surface area contributed by atoms with Crippen molar-refractivity contribution in [3.05, 3.63) is 49.1 Å². The van der Waals surface area contributed by atoms with Crippen LogP contribution >= 0.6 is 0 Å². The molecule has 3 fully saturated rings. The highest BCUT2D eigenvalue weighted by Gasteiger charge is 2.61. The molecule has 162 valence electrons. The Morgan fingerprint density at radius 2 is 2.00 bits per heavy atom. The number of fused-ring (bicyclic) bond motifs is 3. The Labute approximate surface area is 180 Å². The van der Waals surface area contributed by atoms with Crippen molar-refractivity contribution < 1.29 is 14.2 Å². The summed E-state index contributed by atoms with van der Waals surface area (Å²) in [5, 5.41) is 18.9. The highest BCUT2D eigenvalue weighted by molar-refractivity contribution is 5.68. The van der Waals surface area contributed by atoms with E-state index in [1.54, 1.807) is 47.6 Å². The minimum atomic E-state index is -1.11. The average Bonchev–Trinajstić information content (AvgIpc) is 3.29. The Morgan fingerprint density at radius 1 is 1.16 bits per heavy atom. The van der Waals surface area contributed by atoms with Gasteiger partial charge in [0.25, 0.3) is 0 Å². The number of nitrogens with zero attached hydrogens (tertiary/aromatic N) is 5. The Hall–Kier alpha value is -3.00. The number of phenols is 1. The molecule has 1 aliphatic carbocycles. The van der Waals surface area contributed by atoms with Crippen LogP contribution in [0, 0.1) is 5.41 Å². The van der Waals surface area contributed by atoms with Crippen molar-refractivity contribution in [2.45, 2.75) is 44.5 Å². The van der Waals surface area contributed by atoms with Crippen LogP contribution in [0.5, 0.6) is 11.6 Å². The minimum absolute atomic E-state index is 0.0889. The molecule has 3 unspecified atom stereocenters. The first kappa shape index (κ1) is 19.9. The number of aromatic nitrogens is 4. The van der Waals surface area contributed by atoms with Gasteiger partial charge in [-0.15, -0.1) is 10.2 Å². The van der Waals surface area contributed by atoms with Crippen LogP contribution in [0.25, 0.3) is 16.9 Å². The number of piperidine rings is 2. The van der Waals surface area contributed by atoms with E-state index in [4.69, 9.17) is 4.74 Å². The number of hydrogen-bond acceptors (Lipinski definition) is 6. The topological polar surface area (TPSA) is 76.3 Å². The van der Waals surface area contributed by atoms with E-state index >= 15 is 4.39 Å². The summed E-state index contributed by atoms with van der Waals surface area (Å²) in [5.41, 5.74) is 1.08. The van der Waals surface area contributed by atoms with Gasteiger partial charge in [-0.3, -0.25) is 4.90 Å². The van der Waals surface area contributed by atoms with Gasteiger partial charge in [0.2, 0.25) is 5.88 Å².